The molecule has 0 spiro atoms. The molecule has 8 heteroatoms. The molecule has 0 aliphatic rings. The first-order valence-electron chi connectivity index (χ1n) is 10.2. The van der Waals surface area contributed by atoms with Crippen molar-refractivity contribution < 1.29 is 10.2 Å². The number of phenols is 2. The van der Waals surface area contributed by atoms with Crippen LogP contribution < -0.4 is 0 Å². The monoisotopic (exact) mass is 423 g/mol. The van der Waals surface area contributed by atoms with Crippen LogP contribution in [0, 0.1) is 4.77 Å². The summed E-state index contributed by atoms with van der Waals surface area (Å²) in [7, 11) is 0. The number of imidazole rings is 1. The van der Waals surface area contributed by atoms with Crippen molar-refractivity contribution in [1.82, 2.24) is 24.3 Å². The predicted octanol–water partition coefficient (Wildman–Crippen LogP) is 5.11. The van der Waals surface area contributed by atoms with Gasteiger partial charge in [-0.05, 0) is 48.8 Å². The number of fused-ring (bicyclic) bond motifs is 1. The Morgan fingerprint density at radius 2 is 1.93 bits per heavy atom. The largest absolute Gasteiger partial charge is 0.508 e. The summed E-state index contributed by atoms with van der Waals surface area (Å²) in [6.07, 6.45) is 5.93. The Bertz CT molecular complexity index is 1250. The zero-order chi connectivity index (χ0) is 21.3. The van der Waals surface area contributed by atoms with Gasteiger partial charge in [0.1, 0.15) is 17.0 Å². The average molecular weight is 424 g/mol. The molecule has 7 nitrogen and oxygen atoms in total. The topological polar surface area (TPSA) is 91.9 Å². The third-order valence-corrected chi connectivity index (χ3v) is 5.64. The summed E-state index contributed by atoms with van der Waals surface area (Å²) in [5.41, 5.74) is 3.86. The van der Waals surface area contributed by atoms with Crippen LogP contribution in [0.5, 0.6) is 11.5 Å². The third-order valence-electron chi connectivity index (χ3n) is 5.36. The third kappa shape index (κ3) is 3.47. The lowest BCUT2D eigenvalue weighted by atomic mass is 10.1. The highest BCUT2D eigenvalue weighted by atomic mass is 32.1. The summed E-state index contributed by atoms with van der Waals surface area (Å²) < 4.78 is 4.35. The highest BCUT2D eigenvalue weighted by Gasteiger charge is 2.19. The van der Waals surface area contributed by atoms with E-state index in [4.69, 9.17) is 12.2 Å². The molecule has 0 unspecified atom stereocenters. The zero-order valence-corrected chi connectivity index (χ0v) is 17.9. The molecule has 0 saturated heterocycles. The van der Waals surface area contributed by atoms with Gasteiger partial charge in [0.2, 0.25) is 0 Å². The van der Waals surface area contributed by atoms with E-state index in [1.807, 2.05) is 31.5 Å². The maximum atomic E-state index is 10.5. The van der Waals surface area contributed by atoms with Crippen LogP contribution in [0.15, 0.2) is 36.7 Å². The molecule has 0 bridgehead atoms. The minimum Gasteiger partial charge on any atom is -0.508 e. The van der Waals surface area contributed by atoms with Gasteiger partial charge in [0.15, 0.2) is 10.6 Å². The fraction of sp³-hybridized carbons (Fsp3) is 0.318. The number of aromatic hydroxyl groups is 2. The molecule has 0 aliphatic carbocycles. The molecule has 0 saturated carbocycles. The number of H-pyrrole nitrogens is 1. The van der Waals surface area contributed by atoms with E-state index in [1.165, 1.54) is 18.9 Å². The number of benzene rings is 2. The van der Waals surface area contributed by atoms with Crippen molar-refractivity contribution >= 4 is 23.3 Å². The van der Waals surface area contributed by atoms with E-state index in [1.54, 1.807) is 10.6 Å². The van der Waals surface area contributed by atoms with Crippen LogP contribution >= 0.6 is 12.2 Å². The number of hydrogen-bond acceptors (Lipinski definition) is 5. The zero-order valence-electron chi connectivity index (χ0n) is 17.1. The van der Waals surface area contributed by atoms with E-state index in [9.17, 15) is 10.2 Å². The number of aromatic amines is 1. The molecule has 0 aliphatic heterocycles. The van der Waals surface area contributed by atoms with Gasteiger partial charge >= 0.3 is 0 Å². The maximum Gasteiger partial charge on any atom is 0.200 e. The first-order chi connectivity index (χ1) is 14.5. The molecule has 0 fully saturated rings. The highest BCUT2D eigenvalue weighted by Crippen LogP contribution is 2.36. The van der Waals surface area contributed by atoms with Crippen LogP contribution in [0.2, 0.25) is 0 Å². The minimum atomic E-state index is -0.0581. The Morgan fingerprint density at radius 1 is 1.10 bits per heavy atom. The molecule has 0 amide bonds. The lowest BCUT2D eigenvalue weighted by molar-refractivity contribution is 0.447. The first-order valence-corrected chi connectivity index (χ1v) is 10.6. The molecule has 30 heavy (non-hydrogen) atoms. The summed E-state index contributed by atoms with van der Waals surface area (Å²) >= 11 is 5.52. The van der Waals surface area contributed by atoms with Crippen molar-refractivity contribution in [3.8, 4) is 28.6 Å². The average Bonchev–Trinajstić information content (AvgIpc) is 3.32. The fourth-order valence-corrected chi connectivity index (χ4v) is 3.98. The summed E-state index contributed by atoms with van der Waals surface area (Å²) in [6.45, 7) is 5.05. The van der Waals surface area contributed by atoms with Crippen LogP contribution in [0.3, 0.4) is 0 Å². The Labute approximate surface area is 179 Å². The molecule has 3 N–H and O–H groups in total. The Balaban J connectivity index is 1.87. The number of rotatable bonds is 7. The molecule has 4 aromatic rings. The molecular weight excluding hydrogens is 398 g/mol. The van der Waals surface area contributed by atoms with Gasteiger partial charge in [0, 0.05) is 12.6 Å². The lowest BCUT2D eigenvalue weighted by Crippen LogP contribution is -2.01. The standard InChI is InChI=1S/C22H25N5O2S/c1-3-5-6-10-26-13-23-20-16(26)8-7-9-17(20)27-21(24-25-22(27)30)15-11-14(4-2)18(28)12-19(15)29/h7-9,11-13,28-29H,3-6,10H2,1-2H3,(H,25,30). The quantitative estimate of drug-likeness (QED) is 0.284. The van der Waals surface area contributed by atoms with E-state index in [-0.39, 0.29) is 11.5 Å². The molecule has 156 valence electrons. The number of hydrogen-bond donors (Lipinski definition) is 3. The molecule has 4 rings (SSSR count). The SMILES string of the molecule is CCCCCn1cnc2c(-n3c(-c4cc(CC)c(O)cc4O)n[nH]c3=S)cccc21. The van der Waals surface area contributed by atoms with E-state index < -0.39 is 0 Å². The summed E-state index contributed by atoms with van der Waals surface area (Å²) in [4.78, 5) is 4.65. The number of nitrogens with one attached hydrogen (secondary N) is 1. The van der Waals surface area contributed by atoms with Crippen LogP contribution in [0.4, 0.5) is 0 Å². The van der Waals surface area contributed by atoms with E-state index in [0.29, 0.717) is 22.6 Å². The van der Waals surface area contributed by atoms with Gasteiger partial charge in [-0.1, -0.05) is 32.8 Å². The second kappa shape index (κ2) is 8.31. The Hall–Kier alpha value is -3.13. The maximum absolute atomic E-state index is 10.5. The van der Waals surface area contributed by atoms with Gasteiger partial charge < -0.3 is 14.8 Å². The molecule has 2 aromatic carbocycles. The van der Waals surface area contributed by atoms with Crippen molar-refractivity contribution in [3.05, 3.63) is 47.0 Å². The van der Waals surface area contributed by atoms with Crippen molar-refractivity contribution in [2.75, 3.05) is 0 Å². The second-order valence-electron chi connectivity index (χ2n) is 7.33. The van der Waals surface area contributed by atoms with Crippen LogP contribution in [0.25, 0.3) is 28.1 Å². The van der Waals surface area contributed by atoms with Crippen molar-refractivity contribution in [2.45, 2.75) is 46.1 Å². The number of unbranched alkanes of at least 4 members (excludes halogenated alkanes) is 2. The van der Waals surface area contributed by atoms with Gasteiger partial charge in [0.25, 0.3) is 0 Å². The van der Waals surface area contributed by atoms with Crippen molar-refractivity contribution in [1.29, 1.82) is 0 Å². The number of aromatic nitrogens is 5. The van der Waals surface area contributed by atoms with Crippen LogP contribution in [0.1, 0.15) is 38.7 Å². The Kier molecular flexibility index (Phi) is 5.59. The fourth-order valence-electron chi connectivity index (χ4n) is 3.75. The van der Waals surface area contributed by atoms with Gasteiger partial charge in [-0.25, -0.2) is 4.98 Å². The lowest BCUT2D eigenvalue weighted by Gasteiger charge is -2.12. The normalized spacial score (nSPS) is 11.4. The van der Waals surface area contributed by atoms with Gasteiger partial charge in [-0.3, -0.25) is 9.67 Å². The molecule has 2 heterocycles. The van der Waals surface area contributed by atoms with Crippen molar-refractivity contribution in [3.63, 3.8) is 0 Å². The summed E-state index contributed by atoms with van der Waals surface area (Å²) in [5, 5.41) is 27.8. The van der Waals surface area contributed by atoms with E-state index in [2.05, 4.69) is 26.7 Å². The number of phenolic OH excluding ortho intramolecular Hbond substituents is 2. The molecule has 2 aromatic heterocycles. The van der Waals surface area contributed by atoms with E-state index in [0.717, 1.165) is 35.2 Å². The first kappa shape index (κ1) is 20.2. The summed E-state index contributed by atoms with van der Waals surface area (Å²) in [6, 6.07) is 9.06. The smallest absolute Gasteiger partial charge is 0.200 e. The highest BCUT2D eigenvalue weighted by molar-refractivity contribution is 7.71. The number of aryl methyl sites for hydroxylation is 2. The Morgan fingerprint density at radius 3 is 2.70 bits per heavy atom. The predicted molar refractivity (Wildman–Crippen MR) is 120 cm³/mol. The van der Waals surface area contributed by atoms with Crippen LogP contribution in [-0.4, -0.2) is 34.5 Å². The number of para-hydroxylation sites is 1. The molecule has 0 atom stereocenters. The van der Waals surface area contributed by atoms with E-state index >= 15 is 0 Å². The molecule has 0 radical (unpaired) electrons. The van der Waals surface area contributed by atoms with Crippen LogP contribution in [-0.2, 0) is 13.0 Å². The molecular formula is C22H25N5O2S. The second-order valence-corrected chi connectivity index (χ2v) is 7.72. The van der Waals surface area contributed by atoms with Gasteiger partial charge in [-0.15, -0.1) is 0 Å². The van der Waals surface area contributed by atoms with Gasteiger partial charge in [-0.2, -0.15) is 5.10 Å². The number of nitrogens with zero attached hydrogens (tertiary/aromatic N) is 4. The van der Waals surface area contributed by atoms with Gasteiger partial charge in [0.05, 0.1) is 23.1 Å². The minimum absolute atomic E-state index is 0.0581. The summed E-state index contributed by atoms with van der Waals surface area (Å²) in [5.74, 6) is 0.477. The van der Waals surface area contributed by atoms with Crippen molar-refractivity contribution in [2.24, 2.45) is 0 Å².